The Bertz CT molecular complexity index is 762. The molecule has 0 aliphatic heterocycles. The largest absolute Gasteiger partial charge is 0.480 e. The van der Waals surface area contributed by atoms with Gasteiger partial charge in [-0.15, -0.1) is 0 Å². The molecule has 2 N–H and O–H groups in total. The van der Waals surface area contributed by atoms with Crippen LogP contribution in [0.2, 0.25) is 5.15 Å². The molecule has 2 aromatic rings. The highest BCUT2D eigenvalue weighted by molar-refractivity contribution is 6.29. The summed E-state index contributed by atoms with van der Waals surface area (Å²) in [5.74, 6) is -2.07. The van der Waals surface area contributed by atoms with Gasteiger partial charge in [-0.1, -0.05) is 17.7 Å². The number of nitrogens with zero attached hydrogens (tertiary/aromatic N) is 1. The van der Waals surface area contributed by atoms with Crippen LogP contribution in [0.3, 0.4) is 0 Å². The summed E-state index contributed by atoms with van der Waals surface area (Å²) in [6, 6.07) is 5.27. The molecule has 1 heterocycles. The number of nitrogens with one attached hydrogen (secondary N) is 1. The second-order valence-electron chi connectivity index (χ2n) is 5.13. The van der Waals surface area contributed by atoms with Crippen LogP contribution in [0.15, 0.2) is 42.6 Å². The minimum absolute atomic E-state index is 0.0497. The minimum Gasteiger partial charge on any atom is -0.480 e. The fourth-order valence-electron chi connectivity index (χ4n) is 2.02. The van der Waals surface area contributed by atoms with Gasteiger partial charge in [0.15, 0.2) is 0 Å². The van der Waals surface area contributed by atoms with Crippen molar-refractivity contribution in [3.8, 4) is 0 Å². The molecular formula is C16H12ClF3N2O3. The smallest absolute Gasteiger partial charge is 0.416 e. The highest BCUT2D eigenvalue weighted by Gasteiger charge is 2.30. The van der Waals surface area contributed by atoms with E-state index in [1.165, 1.54) is 12.3 Å². The number of halogens is 4. The van der Waals surface area contributed by atoms with Gasteiger partial charge in [-0.2, -0.15) is 13.2 Å². The van der Waals surface area contributed by atoms with Crippen molar-refractivity contribution >= 4 is 23.5 Å². The molecule has 1 atom stereocenters. The first-order valence-corrected chi connectivity index (χ1v) is 7.36. The molecule has 9 heteroatoms. The van der Waals surface area contributed by atoms with E-state index in [1.54, 1.807) is 6.07 Å². The van der Waals surface area contributed by atoms with Crippen LogP contribution >= 0.6 is 11.6 Å². The second kappa shape index (κ2) is 7.52. The normalized spacial score (nSPS) is 12.5. The third-order valence-electron chi connectivity index (χ3n) is 3.31. The van der Waals surface area contributed by atoms with Crippen LogP contribution in [0.25, 0.3) is 0 Å². The number of carbonyl (C=O) groups excluding carboxylic acids is 1. The summed E-state index contributed by atoms with van der Waals surface area (Å²) in [4.78, 5) is 27.2. The van der Waals surface area contributed by atoms with Crippen LogP contribution in [-0.4, -0.2) is 28.0 Å². The molecule has 0 spiro atoms. The van der Waals surface area contributed by atoms with E-state index in [0.29, 0.717) is 5.56 Å². The van der Waals surface area contributed by atoms with Gasteiger partial charge < -0.3 is 10.4 Å². The van der Waals surface area contributed by atoms with E-state index >= 15 is 0 Å². The third-order valence-corrected chi connectivity index (χ3v) is 3.53. The maximum atomic E-state index is 12.5. The molecule has 0 unspecified atom stereocenters. The van der Waals surface area contributed by atoms with Crippen molar-refractivity contribution in [3.05, 3.63) is 64.4 Å². The average molecular weight is 373 g/mol. The SMILES string of the molecule is O=C(N[C@H](Cc1ccc(Cl)nc1)C(=O)O)c1ccc(C(F)(F)F)cc1. The van der Waals surface area contributed by atoms with Gasteiger partial charge in [-0.3, -0.25) is 4.79 Å². The van der Waals surface area contributed by atoms with Gasteiger partial charge in [0.1, 0.15) is 11.2 Å². The summed E-state index contributed by atoms with van der Waals surface area (Å²) in [7, 11) is 0. The van der Waals surface area contributed by atoms with Gasteiger partial charge in [0.25, 0.3) is 5.91 Å². The zero-order valence-electron chi connectivity index (χ0n) is 12.5. The number of hydrogen-bond donors (Lipinski definition) is 2. The number of pyridine rings is 1. The lowest BCUT2D eigenvalue weighted by molar-refractivity contribution is -0.139. The van der Waals surface area contributed by atoms with Crippen molar-refractivity contribution < 1.29 is 27.9 Å². The number of carbonyl (C=O) groups is 2. The highest BCUT2D eigenvalue weighted by Crippen LogP contribution is 2.29. The van der Waals surface area contributed by atoms with E-state index in [4.69, 9.17) is 11.6 Å². The standard InChI is InChI=1S/C16H12ClF3N2O3/c17-13-6-1-9(8-21-13)7-12(15(24)25)22-14(23)10-2-4-11(5-3-10)16(18,19)20/h1-6,8,12H,7H2,(H,22,23)(H,24,25)/t12-/m1/s1. The predicted molar refractivity (Wildman–Crippen MR) is 83.3 cm³/mol. The maximum Gasteiger partial charge on any atom is 0.416 e. The molecule has 25 heavy (non-hydrogen) atoms. The molecule has 1 aromatic carbocycles. The third kappa shape index (κ3) is 5.18. The van der Waals surface area contributed by atoms with Gasteiger partial charge in [0.05, 0.1) is 5.56 Å². The first-order valence-electron chi connectivity index (χ1n) is 6.98. The summed E-state index contributed by atoms with van der Waals surface area (Å²) >= 11 is 5.64. The van der Waals surface area contributed by atoms with E-state index < -0.39 is 29.7 Å². The van der Waals surface area contributed by atoms with Crippen LogP contribution < -0.4 is 5.32 Å². The lowest BCUT2D eigenvalue weighted by Crippen LogP contribution is -2.42. The van der Waals surface area contributed by atoms with Crippen LogP contribution in [0.4, 0.5) is 13.2 Å². The van der Waals surface area contributed by atoms with E-state index in [2.05, 4.69) is 10.3 Å². The molecule has 0 saturated heterocycles. The number of aromatic nitrogens is 1. The first kappa shape index (κ1) is 18.7. The lowest BCUT2D eigenvalue weighted by Gasteiger charge is -2.15. The number of carboxylic acids is 1. The summed E-state index contributed by atoms with van der Waals surface area (Å²) in [6.07, 6.45) is -3.19. The predicted octanol–water partition coefficient (Wildman–Crippen LogP) is 3.18. The molecule has 0 saturated carbocycles. The van der Waals surface area contributed by atoms with Crippen molar-refractivity contribution in [2.45, 2.75) is 18.6 Å². The Labute approximate surface area is 145 Å². The highest BCUT2D eigenvalue weighted by atomic mass is 35.5. The Morgan fingerprint density at radius 2 is 1.80 bits per heavy atom. The van der Waals surface area contributed by atoms with E-state index in [1.807, 2.05) is 0 Å². The summed E-state index contributed by atoms with van der Waals surface area (Å²) < 4.78 is 37.5. The molecule has 132 valence electrons. The molecule has 2 rings (SSSR count). The second-order valence-corrected chi connectivity index (χ2v) is 5.52. The van der Waals surface area contributed by atoms with Crippen molar-refractivity contribution in [2.75, 3.05) is 0 Å². The molecule has 0 bridgehead atoms. The molecule has 0 radical (unpaired) electrons. The molecular weight excluding hydrogens is 361 g/mol. The van der Waals surface area contributed by atoms with Crippen LogP contribution in [0.1, 0.15) is 21.5 Å². The van der Waals surface area contributed by atoms with Crippen LogP contribution in [0, 0.1) is 0 Å². The molecule has 0 fully saturated rings. The molecule has 5 nitrogen and oxygen atoms in total. The lowest BCUT2D eigenvalue weighted by atomic mass is 10.1. The maximum absolute atomic E-state index is 12.5. The number of amides is 1. The molecule has 0 aliphatic carbocycles. The number of alkyl halides is 3. The van der Waals surface area contributed by atoms with E-state index in [-0.39, 0.29) is 17.1 Å². The Balaban J connectivity index is 2.09. The number of rotatable bonds is 5. The Morgan fingerprint density at radius 1 is 1.16 bits per heavy atom. The van der Waals surface area contributed by atoms with Crippen molar-refractivity contribution in [1.29, 1.82) is 0 Å². The van der Waals surface area contributed by atoms with Crippen LogP contribution in [-0.2, 0) is 17.4 Å². The van der Waals surface area contributed by atoms with E-state index in [9.17, 15) is 27.9 Å². The number of aliphatic carboxylic acids is 1. The Kier molecular flexibility index (Phi) is 5.63. The summed E-state index contributed by atoms with van der Waals surface area (Å²) in [6.45, 7) is 0. The zero-order valence-corrected chi connectivity index (χ0v) is 13.3. The van der Waals surface area contributed by atoms with Gasteiger partial charge in [-0.25, -0.2) is 9.78 Å². The first-order chi connectivity index (χ1) is 11.7. The average Bonchev–Trinajstić information content (AvgIpc) is 2.55. The monoisotopic (exact) mass is 372 g/mol. The van der Waals surface area contributed by atoms with E-state index in [0.717, 1.165) is 24.3 Å². The fourth-order valence-corrected chi connectivity index (χ4v) is 2.13. The summed E-state index contributed by atoms with van der Waals surface area (Å²) in [5.41, 5.74) is -0.441. The zero-order chi connectivity index (χ0) is 18.6. The van der Waals surface area contributed by atoms with Gasteiger partial charge in [-0.05, 0) is 35.9 Å². The quantitative estimate of drug-likeness (QED) is 0.790. The van der Waals surface area contributed by atoms with Crippen molar-refractivity contribution in [2.24, 2.45) is 0 Å². The molecule has 1 amide bonds. The van der Waals surface area contributed by atoms with Gasteiger partial charge >= 0.3 is 12.1 Å². The number of carboxylic acid groups (broad SMARTS) is 1. The number of hydrogen-bond acceptors (Lipinski definition) is 3. The van der Waals surface area contributed by atoms with Gasteiger partial charge in [0, 0.05) is 18.2 Å². The summed E-state index contributed by atoms with van der Waals surface area (Å²) in [5, 5.41) is 11.7. The molecule has 1 aromatic heterocycles. The van der Waals surface area contributed by atoms with Crippen molar-refractivity contribution in [1.82, 2.24) is 10.3 Å². The Hall–Kier alpha value is -2.61. The number of benzene rings is 1. The fraction of sp³-hybridized carbons (Fsp3) is 0.188. The molecule has 0 aliphatic rings. The minimum atomic E-state index is -4.51. The van der Waals surface area contributed by atoms with Crippen LogP contribution in [0.5, 0.6) is 0 Å². The van der Waals surface area contributed by atoms with Crippen molar-refractivity contribution in [3.63, 3.8) is 0 Å². The van der Waals surface area contributed by atoms with Gasteiger partial charge in [0.2, 0.25) is 0 Å². The topological polar surface area (TPSA) is 79.3 Å². The Morgan fingerprint density at radius 3 is 2.28 bits per heavy atom.